The molecule has 2 rings (SSSR count). The van der Waals surface area contributed by atoms with Crippen LogP contribution in [0.25, 0.3) is 0 Å². The van der Waals surface area contributed by atoms with E-state index in [0.717, 1.165) is 50.7 Å². The lowest BCUT2D eigenvalue weighted by Crippen LogP contribution is -2.14. The molecule has 5 heteroatoms. The van der Waals surface area contributed by atoms with Crippen LogP contribution in [-0.4, -0.2) is 29.7 Å². The third kappa shape index (κ3) is 4.04. The van der Waals surface area contributed by atoms with Crippen molar-refractivity contribution < 1.29 is 4.74 Å². The second-order valence-electron chi connectivity index (χ2n) is 5.78. The minimum atomic E-state index is 0.361. The standard InChI is InChI=1S/C15H24IN3O/c1-4-6-17-15-13(16)12(8-10(2)3)18-14(19-15)11-5-7-20-9-11/h10-11H,4-9H2,1-3H3,(H,17,18,19). The normalized spacial score (nSPS) is 18.8. The van der Waals surface area contributed by atoms with Crippen LogP contribution in [-0.2, 0) is 11.2 Å². The molecule has 0 saturated carbocycles. The summed E-state index contributed by atoms with van der Waals surface area (Å²) in [5, 5.41) is 3.44. The molecule has 1 unspecified atom stereocenters. The molecule has 1 aromatic heterocycles. The van der Waals surface area contributed by atoms with Crippen molar-refractivity contribution in [1.82, 2.24) is 9.97 Å². The summed E-state index contributed by atoms with van der Waals surface area (Å²) in [7, 11) is 0. The van der Waals surface area contributed by atoms with E-state index in [1.165, 1.54) is 9.26 Å². The Morgan fingerprint density at radius 1 is 1.40 bits per heavy atom. The number of nitrogens with zero attached hydrogens (tertiary/aromatic N) is 2. The number of hydrogen-bond acceptors (Lipinski definition) is 4. The molecule has 1 aromatic rings. The first-order valence-electron chi connectivity index (χ1n) is 7.49. The summed E-state index contributed by atoms with van der Waals surface area (Å²) in [4.78, 5) is 9.57. The molecule has 1 saturated heterocycles. The highest BCUT2D eigenvalue weighted by Gasteiger charge is 2.23. The molecule has 0 bridgehead atoms. The maximum Gasteiger partial charge on any atom is 0.143 e. The Bertz CT molecular complexity index is 445. The van der Waals surface area contributed by atoms with Gasteiger partial charge in [-0.1, -0.05) is 20.8 Å². The fraction of sp³-hybridized carbons (Fsp3) is 0.733. The average molecular weight is 389 g/mol. The molecular weight excluding hydrogens is 365 g/mol. The zero-order valence-corrected chi connectivity index (χ0v) is 14.7. The highest BCUT2D eigenvalue weighted by Crippen LogP contribution is 2.28. The second kappa shape index (κ2) is 7.54. The Morgan fingerprint density at radius 3 is 2.80 bits per heavy atom. The summed E-state index contributed by atoms with van der Waals surface area (Å²) in [6.07, 6.45) is 3.14. The highest BCUT2D eigenvalue weighted by atomic mass is 127. The van der Waals surface area contributed by atoms with Crippen molar-refractivity contribution in [2.75, 3.05) is 25.1 Å². The Balaban J connectivity index is 2.30. The molecule has 1 aliphatic heterocycles. The van der Waals surface area contributed by atoms with Crippen molar-refractivity contribution >= 4 is 28.4 Å². The van der Waals surface area contributed by atoms with E-state index in [2.05, 4.69) is 48.7 Å². The first-order chi connectivity index (χ1) is 9.61. The van der Waals surface area contributed by atoms with Crippen molar-refractivity contribution in [2.45, 2.75) is 46.0 Å². The smallest absolute Gasteiger partial charge is 0.143 e. The van der Waals surface area contributed by atoms with Crippen molar-refractivity contribution in [3.05, 3.63) is 15.1 Å². The molecule has 0 amide bonds. The van der Waals surface area contributed by atoms with Crippen LogP contribution in [0.1, 0.15) is 51.0 Å². The Morgan fingerprint density at radius 2 is 2.20 bits per heavy atom. The zero-order chi connectivity index (χ0) is 14.5. The Hall–Kier alpha value is -0.430. The molecule has 0 spiro atoms. The lowest BCUT2D eigenvalue weighted by Gasteiger charge is -2.16. The van der Waals surface area contributed by atoms with Gasteiger partial charge in [0, 0.05) is 19.1 Å². The van der Waals surface area contributed by atoms with Gasteiger partial charge in [-0.05, 0) is 47.8 Å². The van der Waals surface area contributed by atoms with E-state index in [9.17, 15) is 0 Å². The van der Waals surface area contributed by atoms with E-state index in [-0.39, 0.29) is 0 Å². The van der Waals surface area contributed by atoms with Gasteiger partial charge in [0.15, 0.2) is 0 Å². The maximum absolute atomic E-state index is 5.48. The molecule has 4 nitrogen and oxygen atoms in total. The lowest BCUT2D eigenvalue weighted by atomic mass is 10.1. The summed E-state index contributed by atoms with van der Waals surface area (Å²) in [6, 6.07) is 0. The van der Waals surface area contributed by atoms with Crippen LogP contribution in [0.3, 0.4) is 0 Å². The van der Waals surface area contributed by atoms with E-state index in [1.54, 1.807) is 0 Å². The second-order valence-corrected chi connectivity index (χ2v) is 6.86. The highest BCUT2D eigenvalue weighted by molar-refractivity contribution is 14.1. The zero-order valence-electron chi connectivity index (χ0n) is 12.6. The van der Waals surface area contributed by atoms with Crippen LogP contribution in [0.15, 0.2) is 0 Å². The van der Waals surface area contributed by atoms with Crippen molar-refractivity contribution in [3.8, 4) is 0 Å². The predicted octanol–water partition coefficient (Wildman–Crippen LogP) is 3.61. The van der Waals surface area contributed by atoms with Gasteiger partial charge >= 0.3 is 0 Å². The minimum absolute atomic E-state index is 0.361. The summed E-state index contributed by atoms with van der Waals surface area (Å²) in [5.74, 6) is 2.92. The van der Waals surface area contributed by atoms with E-state index in [0.29, 0.717) is 11.8 Å². The molecule has 0 radical (unpaired) electrons. The number of ether oxygens (including phenoxy) is 1. The summed E-state index contributed by atoms with van der Waals surface area (Å²) >= 11 is 2.38. The molecule has 1 N–H and O–H groups in total. The van der Waals surface area contributed by atoms with Gasteiger partial charge in [-0.15, -0.1) is 0 Å². The molecule has 1 aliphatic rings. The van der Waals surface area contributed by atoms with E-state index in [4.69, 9.17) is 14.7 Å². The van der Waals surface area contributed by atoms with Gasteiger partial charge in [0.1, 0.15) is 11.6 Å². The molecule has 1 fully saturated rings. The van der Waals surface area contributed by atoms with Crippen molar-refractivity contribution in [2.24, 2.45) is 5.92 Å². The quantitative estimate of drug-likeness (QED) is 0.756. The SMILES string of the molecule is CCCNc1nc(C2CCOC2)nc(CC(C)C)c1I. The fourth-order valence-electron chi connectivity index (χ4n) is 2.32. The van der Waals surface area contributed by atoms with Crippen molar-refractivity contribution in [3.63, 3.8) is 0 Å². The van der Waals surface area contributed by atoms with E-state index < -0.39 is 0 Å². The van der Waals surface area contributed by atoms with Crippen LogP contribution in [0.5, 0.6) is 0 Å². The van der Waals surface area contributed by atoms with Crippen LogP contribution in [0.2, 0.25) is 0 Å². The molecule has 0 aromatic carbocycles. The van der Waals surface area contributed by atoms with Crippen LogP contribution < -0.4 is 5.32 Å². The first kappa shape index (κ1) is 15.9. The largest absolute Gasteiger partial charge is 0.381 e. The number of hydrogen-bond donors (Lipinski definition) is 1. The Kier molecular flexibility index (Phi) is 6.01. The average Bonchev–Trinajstić information content (AvgIpc) is 2.93. The number of halogens is 1. The van der Waals surface area contributed by atoms with Crippen molar-refractivity contribution in [1.29, 1.82) is 0 Å². The van der Waals surface area contributed by atoms with Gasteiger partial charge in [0.25, 0.3) is 0 Å². The summed E-state index contributed by atoms with van der Waals surface area (Å²) in [6.45, 7) is 9.17. The molecule has 0 aliphatic carbocycles. The van der Waals surface area contributed by atoms with Gasteiger partial charge in [-0.2, -0.15) is 0 Å². The topological polar surface area (TPSA) is 47.0 Å². The fourth-order valence-corrected chi connectivity index (χ4v) is 2.97. The van der Waals surface area contributed by atoms with Crippen LogP contribution in [0, 0.1) is 9.49 Å². The summed E-state index contributed by atoms with van der Waals surface area (Å²) < 4.78 is 6.65. The minimum Gasteiger partial charge on any atom is -0.381 e. The first-order valence-corrected chi connectivity index (χ1v) is 8.57. The number of rotatable bonds is 6. The molecule has 2 heterocycles. The van der Waals surface area contributed by atoms with Gasteiger partial charge in [-0.25, -0.2) is 9.97 Å². The van der Waals surface area contributed by atoms with Gasteiger partial charge in [-0.3, -0.25) is 0 Å². The van der Waals surface area contributed by atoms with E-state index in [1.807, 2.05) is 0 Å². The molecule has 112 valence electrons. The van der Waals surface area contributed by atoms with Gasteiger partial charge in [0.2, 0.25) is 0 Å². The summed E-state index contributed by atoms with van der Waals surface area (Å²) in [5.41, 5.74) is 1.18. The van der Waals surface area contributed by atoms with Crippen LogP contribution in [0.4, 0.5) is 5.82 Å². The third-order valence-corrected chi connectivity index (χ3v) is 4.51. The molecule has 20 heavy (non-hydrogen) atoms. The Labute approximate surface area is 135 Å². The molecule has 1 atom stereocenters. The number of nitrogens with one attached hydrogen (secondary N) is 1. The van der Waals surface area contributed by atoms with E-state index >= 15 is 0 Å². The van der Waals surface area contributed by atoms with Crippen LogP contribution >= 0.6 is 22.6 Å². The van der Waals surface area contributed by atoms with Gasteiger partial charge in [0.05, 0.1) is 15.9 Å². The lowest BCUT2D eigenvalue weighted by molar-refractivity contribution is 0.193. The predicted molar refractivity (Wildman–Crippen MR) is 90.2 cm³/mol. The molecular formula is C15H24IN3O. The monoisotopic (exact) mass is 389 g/mol. The third-order valence-electron chi connectivity index (χ3n) is 3.38. The number of aromatic nitrogens is 2. The maximum atomic E-state index is 5.48. The van der Waals surface area contributed by atoms with Gasteiger partial charge < -0.3 is 10.1 Å². The number of anilines is 1.